The van der Waals surface area contributed by atoms with Gasteiger partial charge in [0.2, 0.25) is 0 Å². The van der Waals surface area contributed by atoms with E-state index in [1.807, 2.05) is 30.3 Å². The van der Waals surface area contributed by atoms with E-state index in [4.69, 9.17) is 0 Å². The highest BCUT2D eigenvalue weighted by molar-refractivity contribution is 6.27. The molecule has 0 aliphatic rings. The van der Waals surface area contributed by atoms with E-state index in [-0.39, 0.29) is 6.17 Å². The van der Waals surface area contributed by atoms with Crippen molar-refractivity contribution in [2.24, 2.45) is 0 Å². The summed E-state index contributed by atoms with van der Waals surface area (Å²) in [5.74, 6) is 0. The molecular formula is C51H37N3. The Morgan fingerprint density at radius 1 is 0.463 bits per heavy atom. The van der Waals surface area contributed by atoms with Gasteiger partial charge in [-0.15, -0.1) is 0 Å². The molecule has 0 saturated heterocycles. The first-order chi connectivity index (χ1) is 26.7. The number of nitrogens with zero attached hydrogens (tertiary/aromatic N) is 1. The van der Waals surface area contributed by atoms with Crippen LogP contribution in [-0.4, -0.2) is 0 Å². The van der Waals surface area contributed by atoms with Crippen LogP contribution in [0.5, 0.6) is 0 Å². The molecule has 0 saturated carbocycles. The summed E-state index contributed by atoms with van der Waals surface area (Å²) in [4.78, 5) is 0. The topological polar surface area (TPSA) is 47.9 Å². The highest BCUT2D eigenvalue weighted by Crippen LogP contribution is 2.46. The molecule has 0 spiro atoms. The second-order valence-corrected chi connectivity index (χ2v) is 13.7. The van der Waals surface area contributed by atoms with Crippen LogP contribution in [-0.2, 0) is 6.54 Å². The fourth-order valence-electron chi connectivity index (χ4n) is 7.78. The number of rotatable bonds is 9. The van der Waals surface area contributed by atoms with Gasteiger partial charge in [0.25, 0.3) is 0 Å². The Kier molecular flexibility index (Phi) is 8.87. The molecule has 9 aromatic carbocycles. The fourth-order valence-corrected chi connectivity index (χ4v) is 7.78. The quantitative estimate of drug-likeness (QED) is 0.0900. The molecule has 0 aliphatic carbocycles. The van der Waals surface area contributed by atoms with Crippen LogP contribution in [0, 0.1) is 11.3 Å². The first kappa shape index (κ1) is 32.9. The number of fused-ring (bicyclic) bond motifs is 4. The van der Waals surface area contributed by atoms with E-state index in [0.717, 1.165) is 22.4 Å². The second kappa shape index (κ2) is 14.6. The third-order valence-electron chi connectivity index (χ3n) is 10.4. The van der Waals surface area contributed by atoms with Crippen LogP contribution in [0.3, 0.4) is 0 Å². The summed E-state index contributed by atoms with van der Waals surface area (Å²) in [6, 6.07) is 71.0. The summed E-state index contributed by atoms with van der Waals surface area (Å²) in [5, 5.41) is 24.3. The van der Waals surface area contributed by atoms with E-state index in [1.54, 1.807) is 0 Å². The third-order valence-corrected chi connectivity index (χ3v) is 10.4. The second-order valence-electron chi connectivity index (χ2n) is 13.7. The Hall–Kier alpha value is -6.99. The largest absolute Gasteiger partial charge is 0.366 e. The molecule has 9 aromatic rings. The van der Waals surface area contributed by atoms with Gasteiger partial charge in [-0.25, -0.2) is 0 Å². The minimum Gasteiger partial charge on any atom is -0.366 e. The maximum atomic E-state index is 9.25. The van der Waals surface area contributed by atoms with Crippen LogP contribution in [0.4, 0.5) is 5.69 Å². The Balaban J connectivity index is 1.12. The van der Waals surface area contributed by atoms with Crippen LogP contribution < -0.4 is 10.6 Å². The van der Waals surface area contributed by atoms with Crippen molar-refractivity contribution in [2.75, 3.05) is 5.32 Å². The summed E-state index contributed by atoms with van der Waals surface area (Å²) in [5.41, 5.74) is 11.2. The van der Waals surface area contributed by atoms with Crippen LogP contribution in [0.2, 0.25) is 0 Å². The van der Waals surface area contributed by atoms with Crippen LogP contribution in [0.1, 0.15) is 22.9 Å². The molecule has 0 amide bonds. The van der Waals surface area contributed by atoms with Gasteiger partial charge >= 0.3 is 0 Å². The lowest BCUT2D eigenvalue weighted by Gasteiger charge is -2.23. The maximum absolute atomic E-state index is 9.25. The van der Waals surface area contributed by atoms with Crippen molar-refractivity contribution in [1.82, 2.24) is 5.32 Å². The number of para-hydroxylation sites is 1. The molecule has 0 fully saturated rings. The third kappa shape index (κ3) is 6.37. The Bertz CT molecular complexity index is 2780. The Morgan fingerprint density at radius 3 is 1.81 bits per heavy atom. The first-order valence-electron chi connectivity index (χ1n) is 18.4. The zero-order valence-electron chi connectivity index (χ0n) is 29.7. The molecule has 3 heteroatoms. The summed E-state index contributed by atoms with van der Waals surface area (Å²) < 4.78 is 0. The van der Waals surface area contributed by atoms with E-state index in [9.17, 15) is 5.26 Å². The predicted octanol–water partition coefficient (Wildman–Crippen LogP) is 12.9. The predicted molar refractivity (Wildman–Crippen MR) is 226 cm³/mol. The van der Waals surface area contributed by atoms with Gasteiger partial charge in [-0.3, -0.25) is 5.32 Å². The first-order valence-corrected chi connectivity index (χ1v) is 18.4. The van der Waals surface area contributed by atoms with E-state index < -0.39 is 0 Å². The van der Waals surface area contributed by atoms with Gasteiger partial charge in [0.1, 0.15) is 6.17 Å². The van der Waals surface area contributed by atoms with Crippen molar-refractivity contribution in [3.63, 3.8) is 0 Å². The SMILES string of the molecule is N#Cc1ccc(-c2cccc(CNC(Nc3ccccc3)c3ccc(-c4c5ccccc5c(-c5ccccc5)c5ccc6ccccc6c45)cc3)c2)cc1. The smallest absolute Gasteiger partial charge is 0.103 e. The van der Waals surface area contributed by atoms with Gasteiger partial charge in [-0.1, -0.05) is 164 Å². The average molecular weight is 692 g/mol. The molecule has 0 aromatic heterocycles. The molecule has 54 heavy (non-hydrogen) atoms. The molecular weight excluding hydrogens is 655 g/mol. The van der Waals surface area contributed by atoms with Crippen molar-refractivity contribution in [3.8, 4) is 39.4 Å². The molecule has 1 unspecified atom stereocenters. The lowest BCUT2D eigenvalue weighted by Crippen LogP contribution is -2.27. The van der Waals surface area contributed by atoms with Gasteiger partial charge in [-0.05, 0) is 107 Å². The van der Waals surface area contributed by atoms with Gasteiger partial charge in [0, 0.05) is 12.2 Å². The van der Waals surface area contributed by atoms with Gasteiger partial charge < -0.3 is 5.32 Å². The summed E-state index contributed by atoms with van der Waals surface area (Å²) in [6.45, 7) is 0.665. The molecule has 2 N–H and O–H groups in total. The molecule has 1 atom stereocenters. The monoisotopic (exact) mass is 691 g/mol. The number of nitrogens with one attached hydrogen (secondary N) is 2. The lowest BCUT2D eigenvalue weighted by molar-refractivity contribution is 0.587. The van der Waals surface area contributed by atoms with Crippen LogP contribution in [0.25, 0.3) is 65.7 Å². The molecule has 256 valence electrons. The molecule has 9 rings (SSSR count). The molecule has 3 nitrogen and oxygen atoms in total. The minimum atomic E-state index is -0.144. The number of hydrogen-bond donors (Lipinski definition) is 2. The Labute approximate surface area is 315 Å². The van der Waals surface area contributed by atoms with Crippen LogP contribution >= 0.6 is 0 Å². The Morgan fingerprint density at radius 2 is 1.07 bits per heavy atom. The molecule has 0 bridgehead atoms. The standard InChI is InChI=1S/C51H37N3/c52-33-35-22-24-37(25-23-35)42-16-11-12-36(32-42)34-53-51(54-43-17-5-2-6-18-43)41-28-26-40(27-29-41)49-46-21-10-9-20-45(46)48(39-14-3-1-4-15-39)47-31-30-38-13-7-8-19-44(38)50(47)49/h1-32,51,53-54H,34H2. The van der Waals surface area contributed by atoms with Gasteiger partial charge in [0.15, 0.2) is 0 Å². The highest BCUT2D eigenvalue weighted by Gasteiger charge is 2.19. The summed E-state index contributed by atoms with van der Waals surface area (Å²) in [6.07, 6.45) is -0.144. The van der Waals surface area contributed by atoms with E-state index in [1.165, 1.54) is 60.1 Å². The average Bonchev–Trinajstić information content (AvgIpc) is 3.25. The van der Waals surface area contributed by atoms with Crippen molar-refractivity contribution in [2.45, 2.75) is 12.7 Å². The van der Waals surface area contributed by atoms with Crippen molar-refractivity contribution >= 4 is 38.0 Å². The van der Waals surface area contributed by atoms with Gasteiger partial charge in [-0.2, -0.15) is 5.26 Å². The zero-order chi connectivity index (χ0) is 36.3. The number of hydrogen-bond acceptors (Lipinski definition) is 3. The van der Waals surface area contributed by atoms with Crippen LogP contribution in [0.15, 0.2) is 194 Å². The number of anilines is 1. The van der Waals surface area contributed by atoms with E-state index in [0.29, 0.717) is 12.1 Å². The van der Waals surface area contributed by atoms with E-state index >= 15 is 0 Å². The lowest BCUT2D eigenvalue weighted by atomic mass is 9.84. The summed E-state index contributed by atoms with van der Waals surface area (Å²) >= 11 is 0. The van der Waals surface area contributed by atoms with E-state index in [2.05, 4.69) is 180 Å². The normalized spacial score (nSPS) is 11.8. The fraction of sp³-hybridized carbons (Fsp3) is 0.0392. The number of benzene rings is 9. The van der Waals surface area contributed by atoms with Crippen molar-refractivity contribution < 1.29 is 0 Å². The molecule has 0 radical (unpaired) electrons. The molecule has 0 aliphatic heterocycles. The highest BCUT2D eigenvalue weighted by atomic mass is 15.1. The number of nitriles is 1. The van der Waals surface area contributed by atoms with Crippen molar-refractivity contribution in [3.05, 3.63) is 211 Å². The molecule has 0 heterocycles. The zero-order valence-corrected chi connectivity index (χ0v) is 29.7. The van der Waals surface area contributed by atoms with Gasteiger partial charge in [0.05, 0.1) is 11.6 Å². The minimum absolute atomic E-state index is 0.144. The maximum Gasteiger partial charge on any atom is 0.103 e. The summed E-state index contributed by atoms with van der Waals surface area (Å²) in [7, 11) is 0. The van der Waals surface area contributed by atoms with Crippen molar-refractivity contribution in [1.29, 1.82) is 5.26 Å².